The van der Waals surface area contributed by atoms with Crippen LogP contribution in [-0.4, -0.2) is 65.1 Å². The summed E-state index contributed by atoms with van der Waals surface area (Å²) in [6.45, 7) is 12.3. The van der Waals surface area contributed by atoms with Gasteiger partial charge in [0.2, 0.25) is 0 Å². The molecule has 0 saturated carbocycles. The minimum absolute atomic E-state index is 0.405. The molecule has 1 unspecified atom stereocenters. The van der Waals surface area contributed by atoms with Crippen LogP contribution in [0.15, 0.2) is 12.4 Å². The Morgan fingerprint density at radius 3 is 2.48 bits per heavy atom. The second kappa shape index (κ2) is 6.81. The molecule has 1 atom stereocenters. The van der Waals surface area contributed by atoms with Crippen molar-refractivity contribution in [3.05, 3.63) is 23.8 Å². The molecule has 5 nitrogen and oxygen atoms in total. The third kappa shape index (κ3) is 3.78. The number of nitrogens with zero attached hydrogens (tertiary/aromatic N) is 4. The van der Waals surface area contributed by atoms with Gasteiger partial charge < -0.3 is 5.32 Å². The summed E-state index contributed by atoms with van der Waals surface area (Å²) in [5.41, 5.74) is 1.23. The maximum Gasteiger partial charge on any atom is 0.130 e. The second-order valence-corrected chi connectivity index (χ2v) is 6.56. The van der Waals surface area contributed by atoms with E-state index in [-0.39, 0.29) is 0 Å². The highest BCUT2D eigenvalue weighted by Crippen LogP contribution is 2.14. The molecule has 21 heavy (non-hydrogen) atoms. The van der Waals surface area contributed by atoms with Crippen molar-refractivity contribution >= 4 is 0 Å². The van der Waals surface area contributed by atoms with E-state index in [0.29, 0.717) is 5.92 Å². The lowest BCUT2D eigenvalue weighted by Gasteiger charge is -2.37. The van der Waals surface area contributed by atoms with Gasteiger partial charge in [0.15, 0.2) is 0 Å². The van der Waals surface area contributed by atoms with Crippen molar-refractivity contribution in [3.63, 3.8) is 0 Å². The molecule has 0 radical (unpaired) electrons. The van der Waals surface area contributed by atoms with Crippen LogP contribution in [-0.2, 0) is 6.54 Å². The summed E-state index contributed by atoms with van der Waals surface area (Å²) in [6, 6.07) is 0.765. The molecule has 0 spiro atoms. The first-order chi connectivity index (χ1) is 10.2. The molecule has 116 valence electrons. The van der Waals surface area contributed by atoms with Crippen LogP contribution in [0.1, 0.15) is 37.6 Å². The highest BCUT2D eigenvalue weighted by molar-refractivity contribution is 5.07. The molecule has 1 N–H and O–H groups in total. The summed E-state index contributed by atoms with van der Waals surface area (Å²) in [4.78, 5) is 14.1. The van der Waals surface area contributed by atoms with Gasteiger partial charge in [-0.25, -0.2) is 9.97 Å². The zero-order valence-electron chi connectivity index (χ0n) is 13.3. The van der Waals surface area contributed by atoms with Gasteiger partial charge in [-0.3, -0.25) is 9.80 Å². The maximum atomic E-state index is 4.47. The predicted octanol–water partition coefficient (Wildman–Crippen LogP) is 1.08. The fourth-order valence-corrected chi connectivity index (χ4v) is 3.24. The summed E-state index contributed by atoms with van der Waals surface area (Å²) >= 11 is 0. The van der Waals surface area contributed by atoms with E-state index in [0.717, 1.165) is 31.5 Å². The van der Waals surface area contributed by atoms with E-state index in [9.17, 15) is 0 Å². The summed E-state index contributed by atoms with van der Waals surface area (Å²) in [6.07, 6.45) is 5.30. The Morgan fingerprint density at radius 2 is 1.90 bits per heavy atom. The van der Waals surface area contributed by atoms with Gasteiger partial charge in [-0.2, -0.15) is 0 Å². The number of rotatable bonds is 4. The quantitative estimate of drug-likeness (QED) is 0.898. The van der Waals surface area contributed by atoms with Crippen LogP contribution in [0.25, 0.3) is 0 Å². The smallest absolute Gasteiger partial charge is 0.130 e. The average molecular weight is 289 g/mol. The van der Waals surface area contributed by atoms with Crippen molar-refractivity contribution < 1.29 is 0 Å². The molecular weight excluding hydrogens is 262 g/mol. The third-order valence-electron chi connectivity index (χ3n) is 4.61. The Bertz CT molecular complexity index is 430. The fraction of sp³-hybridized carbons (Fsp3) is 0.750. The number of nitrogens with one attached hydrogen (secondary N) is 1. The van der Waals surface area contributed by atoms with Crippen molar-refractivity contribution in [1.82, 2.24) is 25.1 Å². The lowest BCUT2D eigenvalue weighted by atomic mass is 10.1. The van der Waals surface area contributed by atoms with Gasteiger partial charge >= 0.3 is 0 Å². The zero-order chi connectivity index (χ0) is 14.7. The van der Waals surface area contributed by atoms with Crippen molar-refractivity contribution in [1.29, 1.82) is 0 Å². The minimum Gasteiger partial charge on any atom is -0.315 e. The molecule has 3 rings (SSSR count). The molecule has 0 bridgehead atoms. The van der Waals surface area contributed by atoms with Crippen molar-refractivity contribution in [2.45, 2.75) is 38.8 Å². The van der Waals surface area contributed by atoms with Gasteiger partial charge in [0.05, 0.1) is 0 Å². The van der Waals surface area contributed by atoms with E-state index in [1.165, 1.54) is 38.2 Å². The van der Waals surface area contributed by atoms with E-state index < -0.39 is 0 Å². The first-order valence-electron chi connectivity index (χ1n) is 8.20. The highest BCUT2D eigenvalue weighted by Gasteiger charge is 2.25. The Hall–Kier alpha value is -1.04. The molecule has 2 fully saturated rings. The molecule has 2 aliphatic rings. The van der Waals surface area contributed by atoms with Gasteiger partial charge in [0, 0.05) is 69.2 Å². The van der Waals surface area contributed by atoms with Gasteiger partial charge in [-0.15, -0.1) is 0 Å². The van der Waals surface area contributed by atoms with Crippen molar-refractivity contribution in [3.8, 4) is 0 Å². The van der Waals surface area contributed by atoms with E-state index in [2.05, 4.69) is 38.9 Å². The average Bonchev–Trinajstić information content (AvgIpc) is 3.03. The van der Waals surface area contributed by atoms with Crippen LogP contribution in [0.5, 0.6) is 0 Å². The maximum absolute atomic E-state index is 4.47. The van der Waals surface area contributed by atoms with Gasteiger partial charge in [-0.05, 0) is 13.0 Å². The molecule has 5 heteroatoms. The van der Waals surface area contributed by atoms with Crippen LogP contribution in [0, 0.1) is 0 Å². The molecule has 2 aliphatic heterocycles. The standard InChI is InChI=1S/C16H27N5/c1-13(2)16-18-9-14(10-19-16)12-20-5-7-21(8-6-20)15-3-4-17-11-15/h9-10,13,15,17H,3-8,11-12H2,1-2H3. The van der Waals surface area contributed by atoms with Crippen molar-refractivity contribution in [2.24, 2.45) is 0 Å². The Labute approximate surface area is 127 Å². The lowest BCUT2D eigenvalue weighted by molar-refractivity contribution is 0.0980. The molecule has 0 amide bonds. The van der Waals surface area contributed by atoms with Crippen molar-refractivity contribution in [2.75, 3.05) is 39.3 Å². The Kier molecular flexibility index (Phi) is 4.83. The van der Waals surface area contributed by atoms with Crippen LogP contribution in [0.4, 0.5) is 0 Å². The molecule has 2 saturated heterocycles. The zero-order valence-corrected chi connectivity index (χ0v) is 13.3. The number of aromatic nitrogens is 2. The normalized spacial score (nSPS) is 24.8. The predicted molar refractivity (Wildman–Crippen MR) is 84.2 cm³/mol. The summed E-state index contributed by atoms with van der Waals surface area (Å²) in [5.74, 6) is 1.35. The number of hydrogen-bond donors (Lipinski definition) is 1. The third-order valence-corrected chi connectivity index (χ3v) is 4.61. The van der Waals surface area contributed by atoms with Gasteiger partial charge in [-0.1, -0.05) is 13.8 Å². The Balaban J connectivity index is 1.48. The SMILES string of the molecule is CC(C)c1ncc(CN2CCN(C3CCNC3)CC2)cn1. The molecular formula is C16H27N5. The topological polar surface area (TPSA) is 44.3 Å². The van der Waals surface area contributed by atoms with E-state index >= 15 is 0 Å². The molecule has 0 aromatic carbocycles. The molecule has 3 heterocycles. The first-order valence-corrected chi connectivity index (χ1v) is 8.20. The van der Waals surface area contributed by atoms with E-state index in [1.54, 1.807) is 0 Å². The van der Waals surface area contributed by atoms with E-state index in [1.807, 2.05) is 12.4 Å². The molecule has 0 aliphatic carbocycles. The summed E-state index contributed by atoms with van der Waals surface area (Å²) in [5, 5.41) is 3.46. The summed E-state index contributed by atoms with van der Waals surface area (Å²) < 4.78 is 0. The van der Waals surface area contributed by atoms with Gasteiger partial charge in [0.25, 0.3) is 0 Å². The van der Waals surface area contributed by atoms with E-state index in [4.69, 9.17) is 0 Å². The Morgan fingerprint density at radius 1 is 1.19 bits per heavy atom. The lowest BCUT2D eigenvalue weighted by Crippen LogP contribution is -2.50. The second-order valence-electron chi connectivity index (χ2n) is 6.56. The number of piperazine rings is 1. The first kappa shape index (κ1) is 14.9. The molecule has 1 aromatic heterocycles. The summed E-state index contributed by atoms with van der Waals surface area (Å²) in [7, 11) is 0. The van der Waals surface area contributed by atoms with Crippen LogP contribution in [0.2, 0.25) is 0 Å². The minimum atomic E-state index is 0.405. The highest BCUT2D eigenvalue weighted by atomic mass is 15.3. The van der Waals surface area contributed by atoms with Crippen LogP contribution < -0.4 is 5.32 Å². The largest absolute Gasteiger partial charge is 0.315 e. The monoisotopic (exact) mass is 289 g/mol. The van der Waals surface area contributed by atoms with Gasteiger partial charge in [0.1, 0.15) is 5.82 Å². The van der Waals surface area contributed by atoms with Crippen LogP contribution >= 0.6 is 0 Å². The molecule has 1 aromatic rings. The van der Waals surface area contributed by atoms with Crippen LogP contribution in [0.3, 0.4) is 0 Å². The number of hydrogen-bond acceptors (Lipinski definition) is 5. The fourth-order valence-electron chi connectivity index (χ4n) is 3.24.